The largest absolute Gasteiger partial charge is 0.350 e. The summed E-state index contributed by atoms with van der Waals surface area (Å²) in [6, 6.07) is 18.8. The normalized spacial score (nSPS) is 11.2. The van der Waals surface area contributed by atoms with Crippen molar-refractivity contribution in [3.8, 4) is 0 Å². The molecular weight excluding hydrogens is 448 g/mol. The predicted molar refractivity (Wildman–Crippen MR) is 132 cm³/mol. The van der Waals surface area contributed by atoms with Gasteiger partial charge in [0.05, 0.1) is 0 Å². The van der Waals surface area contributed by atoms with Gasteiger partial charge in [-0.1, -0.05) is 53.6 Å². The van der Waals surface area contributed by atoms with Crippen molar-refractivity contribution in [3.05, 3.63) is 98.3 Å². The minimum atomic E-state index is -0.314. The number of carbonyl (C=O) groups is 2. The smallest absolute Gasteiger partial charge is 0.267 e. The third kappa shape index (κ3) is 7.28. The van der Waals surface area contributed by atoms with Crippen LogP contribution in [-0.4, -0.2) is 24.1 Å². The molecule has 3 aromatic rings. The van der Waals surface area contributed by atoms with Crippen LogP contribution in [0.3, 0.4) is 0 Å². The van der Waals surface area contributed by atoms with Gasteiger partial charge >= 0.3 is 0 Å². The predicted octanol–water partition coefficient (Wildman–Crippen LogP) is 5.53. The molecular formula is C24H23ClN2O2S2. The van der Waals surface area contributed by atoms with Crippen molar-refractivity contribution in [2.24, 2.45) is 0 Å². The Morgan fingerprint density at radius 1 is 1.06 bits per heavy atom. The average molecular weight is 471 g/mol. The van der Waals surface area contributed by atoms with E-state index in [0.29, 0.717) is 12.1 Å². The molecule has 3 rings (SSSR count). The SMILES string of the molecule is Cc1ccc(C(=O)N/C(=C\c2cccs2)C(=O)NCCSCc2ccccc2Cl)cc1. The molecule has 0 spiro atoms. The first-order chi connectivity index (χ1) is 15.0. The molecule has 1 aromatic heterocycles. The second kappa shape index (κ2) is 11.7. The van der Waals surface area contributed by atoms with Crippen molar-refractivity contribution >= 4 is 52.6 Å². The summed E-state index contributed by atoms with van der Waals surface area (Å²) in [5.41, 5.74) is 2.87. The number of carbonyl (C=O) groups excluding carboxylic acids is 2. The second-order valence-electron chi connectivity index (χ2n) is 6.79. The molecule has 0 aliphatic heterocycles. The van der Waals surface area contributed by atoms with E-state index in [4.69, 9.17) is 11.6 Å². The first-order valence-corrected chi connectivity index (χ1v) is 12.2. The Morgan fingerprint density at radius 2 is 1.84 bits per heavy atom. The maximum absolute atomic E-state index is 12.8. The lowest BCUT2D eigenvalue weighted by molar-refractivity contribution is -0.117. The van der Waals surface area contributed by atoms with Crippen molar-refractivity contribution in [2.45, 2.75) is 12.7 Å². The number of rotatable bonds is 9. The van der Waals surface area contributed by atoms with Gasteiger partial charge in [0.25, 0.3) is 11.8 Å². The van der Waals surface area contributed by atoms with E-state index >= 15 is 0 Å². The van der Waals surface area contributed by atoms with Crippen LogP contribution in [0, 0.1) is 6.92 Å². The summed E-state index contributed by atoms with van der Waals surface area (Å²) >= 11 is 9.36. The van der Waals surface area contributed by atoms with Crippen LogP contribution in [0.4, 0.5) is 0 Å². The van der Waals surface area contributed by atoms with E-state index in [2.05, 4.69) is 10.6 Å². The lowest BCUT2D eigenvalue weighted by Gasteiger charge is -2.11. The zero-order valence-corrected chi connectivity index (χ0v) is 19.4. The average Bonchev–Trinajstić information content (AvgIpc) is 3.27. The van der Waals surface area contributed by atoms with Crippen LogP contribution in [0.15, 0.2) is 71.7 Å². The van der Waals surface area contributed by atoms with Gasteiger partial charge in [-0.3, -0.25) is 9.59 Å². The van der Waals surface area contributed by atoms with Gasteiger partial charge in [0.1, 0.15) is 5.70 Å². The van der Waals surface area contributed by atoms with Gasteiger partial charge < -0.3 is 10.6 Å². The first kappa shape index (κ1) is 23.1. The Bertz CT molecular complexity index is 1050. The molecule has 2 N–H and O–H groups in total. The number of nitrogens with one attached hydrogen (secondary N) is 2. The van der Waals surface area contributed by atoms with Gasteiger partial charge in [-0.2, -0.15) is 11.8 Å². The fourth-order valence-corrected chi connectivity index (χ4v) is 4.50. The third-order valence-electron chi connectivity index (χ3n) is 4.38. The summed E-state index contributed by atoms with van der Waals surface area (Å²) < 4.78 is 0. The molecule has 7 heteroatoms. The van der Waals surface area contributed by atoms with Gasteiger partial charge in [-0.15, -0.1) is 11.3 Å². The highest BCUT2D eigenvalue weighted by atomic mass is 35.5. The van der Waals surface area contributed by atoms with E-state index in [-0.39, 0.29) is 17.5 Å². The Hall–Kier alpha value is -2.54. The number of hydrogen-bond acceptors (Lipinski definition) is 4. The molecule has 160 valence electrons. The number of benzene rings is 2. The number of thioether (sulfide) groups is 1. The molecule has 0 radical (unpaired) electrons. The molecule has 0 unspecified atom stereocenters. The Kier molecular flexibility index (Phi) is 8.76. The van der Waals surface area contributed by atoms with E-state index in [1.807, 2.05) is 60.8 Å². The molecule has 31 heavy (non-hydrogen) atoms. The number of aryl methyl sites for hydroxylation is 1. The number of halogens is 1. The molecule has 0 aliphatic rings. The second-order valence-corrected chi connectivity index (χ2v) is 9.29. The van der Waals surface area contributed by atoms with Crippen LogP contribution >= 0.6 is 34.7 Å². The van der Waals surface area contributed by atoms with Crippen LogP contribution in [0.1, 0.15) is 26.4 Å². The molecule has 0 saturated carbocycles. The van der Waals surface area contributed by atoms with Crippen molar-refractivity contribution in [2.75, 3.05) is 12.3 Å². The Morgan fingerprint density at radius 3 is 2.55 bits per heavy atom. The van der Waals surface area contributed by atoms with Gasteiger partial charge in [0.15, 0.2) is 0 Å². The van der Waals surface area contributed by atoms with Gasteiger partial charge in [-0.05, 0) is 48.2 Å². The minimum Gasteiger partial charge on any atom is -0.350 e. The topological polar surface area (TPSA) is 58.2 Å². The van der Waals surface area contributed by atoms with Crippen molar-refractivity contribution in [1.82, 2.24) is 10.6 Å². The molecule has 2 aromatic carbocycles. The van der Waals surface area contributed by atoms with E-state index in [0.717, 1.165) is 32.5 Å². The molecule has 2 amide bonds. The van der Waals surface area contributed by atoms with Gasteiger partial charge in [0, 0.05) is 33.5 Å². The maximum atomic E-state index is 12.8. The lowest BCUT2D eigenvalue weighted by atomic mass is 10.1. The summed E-state index contributed by atoms with van der Waals surface area (Å²) in [6.07, 6.45) is 1.70. The van der Waals surface area contributed by atoms with Crippen LogP contribution in [-0.2, 0) is 10.5 Å². The monoisotopic (exact) mass is 470 g/mol. The number of thiophene rings is 1. The van der Waals surface area contributed by atoms with E-state index < -0.39 is 0 Å². The minimum absolute atomic E-state index is 0.226. The lowest BCUT2D eigenvalue weighted by Crippen LogP contribution is -2.35. The highest BCUT2D eigenvalue weighted by Crippen LogP contribution is 2.20. The molecule has 0 atom stereocenters. The zero-order chi connectivity index (χ0) is 22.1. The molecule has 0 fully saturated rings. The van der Waals surface area contributed by atoms with Crippen molar-refractivity contribution in [1.29, 1.82) is 0 Å². The van der Waals surface area contributed by atoms with Crippen LogP contribution in [0.2, 0.25) is 5.02 Å². The standard InChI is InChI=1S/C24H23ClN2O2S2/c1-17-8-10-18(11-9-17)23(28)27-22(15-20-6-4-13-31-20)24(29)26-12-14-30-16-19-5-2-3-7-21(19)25/h2-11,13,15H,12,14,16H2,1H3,(H,26,29)(H,27,28)/b22-15-. The molecule has 4 nitrogen and oxygen atoms in total. The summed E-state index contributed by atoms with van der Waals surface area (Å²) in [5.74, 6) is 0.880. The highest BCUT2D eigenvalue weighted by molar-refractivity contribution is 7.98. The van der Waals surface area contributed by atoms with Crippen molar-refractivity contribution < 1.29 is 9.59 Å². The first-order valence-electron chi connectivity index (χ1n) is 9.75. The molecule has 0 saturated heterocycles. The third-order valence-corrected chi connectivity index (χ3v) is 6.58. The van der Waals surface area contributed by atoms with Gasteiger partial charge in [-0.25, -0.2) is 0 Å². The number of amides is 2. The Balaban J connectivity index is 1.57. The van der Waals surface area contributed by atoms with Gasteiger partial charge in [0.2, 0.25) is 0 Å². The summed E-state index contributed by atoms with van der Waals surface area (Å²) in [7, 11) is 0. The van der Waals surface area contributed by atoms with Crippen LogP contribution in [0.5, 0.6) is 0 Å². The van der Waals surface area contributed by atoms with E-state index in [1.165, 1.54) is 11.3 Å². The van der Waals surface area contributed by atoms with Crippen molar-refractivity contribution in [3.63, 3.8) is 0 Å². The van der Waals surface area contributed by atoms with E-state index in [9.17, 15) is 9.59 Å². The molecule has 1 heterocycles. The Labute approximate surface area is 195 Å². The van der Waals surface area contributed by atoms with Crippen LogP contribution in [0.25, 0.3) is 6.08 Å². The fourth-order valence-electron chi connectivity index (χ4n) is 2.70. The number of hydrogen-bond donors (Lipinski definition) is 2. The maximum Gasteiger partial charge on any atom is 0.267 e. The highest BCUT2D eigenvalue weighted by Gasteiger charge is 2.14. The summed E-state index contributed by atoms with van der Waals surface area (Å²) in [6.45, 7) is 2.44. The summed E-state index contributed by atoms with van der Waals surface area (Å²) in [4.78, 5) is 26.3. The zero-order valence-electron chi connectivity index (χ0n) is 17.1. The molecule has 0 aliphatic carbocycles. The van der Waals surface area contributed by atoms with E-state index in [1.54, 1.807) is 30.0 Å². The quantitative estimate of drug-likeness (QED) is 0.319. The summed E-state index contributed by atoms with van der Waals surface area (Å²) in [5, 5.41) is 8.32. The van der Waals surface area contributed by atoms with Crippen LogP contribution < -0.4 is 10.6 Å². The fraction of sp³-hybridized carbons (Fsp3) is 0.167. The molecule has 0 bridgehead atoms.